The smallest absolute Gasteiger partial charge is 0.492 e. The lowest BCUT2D eigenvalue weighted by Crippen LogP contribution is -2.41. The van der Waals surface area contributed by atoms with Crippen LogP contribution in [-0.4, -0.2) is 227 Å². The Balaban J connectivity index is 0.000000224. The summed E-state index contributed by atoms with van der Waals surface area (Å²) >= 11 is 6.88. The third-order valence-electron chi connectivity index (χ3n) is 22.7. The lowest BCUT2D eigenvalue weighted by molar-refractivity contribution is -0.153. The van der Waals surface area contributed by atoms with Crippen molar-refractivity contribution in [3.05, 3.63) is 173 Å². The monoisotopic (exact) mass is 2180 g/mol. The maximum Gasteiger partial charge on any atom is 0.496 e. The second-order valence-electron chi connectivity index (χ2n) is 42.2. The van der Waals surface area contributed by atoms with E-state index in [1.165, 1.54) is 21.3 Å². The van der Waals surface area contributed by atoms with E-state index in [9.17, 15) is 14.4 Å². The van der Waals surface area contributed by atoms with Crippen molar-refractivity contribution < 1.29 is 90.0 Å². The van der Waals surface area contributed by atoms with Gasteiger partial charge in [0.2, 0.25) is 5.88 Å². The van der Waals surface area contributed by atoms with Gasteiger partial charge in [-0.25, -0.2) is 14.3 Å². The lowest BCUT2D eigenvalue weighted by Gasteiger charge is -2.32. The number of rotatable bonds is 47. The van der Waals surface area contributed by atoms with Crippen molar-refractivity contribution in [2.75, 3.05) is 94.0 Å². The molecule has 6 heterocycles. The van der Waals surface area contributed by atoms with E-state index >= 15 is 0 Å². The minimum atomic E-state index is -1.16. The van der Waals surface area contributed by atoms with Crippen LogP contribution in [0.1, 0.15) is 96.9 Å². The van der Waals surface area contributed by atoms with E-state index in [2.05, 4.69) is 168 Å². The van der Waals surface area contributed by atoms with Crippen molar-refractivity contribution in [1.82, 2.24) is 64.0 Å². The van der Waals surface area contributed by atoms with E-state index < -0.39 is 66.9 Å². The molecule has 1 aliphatic heterocycles. The molecule has 0 aliphatic carbocycles. The fraction of sp³-hybridized carbons (Fsp3) is 0.505. The molecule has 0 atom stereocenters. The number of pyridine rings is 1. The molecule has 0 bridgehead atoms. The maximum absolute atomic E-state index is 11.9. The Morgan fingerprint density at radius 1 is 0.354 bits per heavy atom. The first-order valence-electron chi connectivity index (χ1n) is 48.8. The number of halogens is 2. The zero-order valence-corrected chi connectivity index (χ0v) is 97.1. The average molecular weight is 2180 g/mol. The van der Waals surface area contributed by atoms with Crippen molar-refractivity contribution >= 4 is 94.6 Å². The summed E-state index contributed by atoms with van der Waals surface area (Å²) in [6.07, 6.45) is 1.67. The van der Waals surface area contributed by atoms with Crippen LogP contribution in [0.15, 0.2) is 173 Å². The molecule has 0 saturated carbocycles. The van der Waals surface area contributed by atoms with Crippen LogP contribution in [0.2, 0.25) is 103 Å². The zero-order chi connectivity index (χ0) is 106. The van der Waals surface area contributed by atoms with Gasteiger partial charge in [-0.3, -0.25) is 14.4 Å². The van der Waals surface area contributed by atoms with Crippen LogP contribution in [-0.2, 0) is 83.8 Å². The van der Waals surface area contributed by atoms with Crippen molar-refractivity contribution in [2.24, 2.45) is 16.2 Å². The highest BCUT2D eigenvalue weighted by molar-refractivity contribution is 9.10. The van der Waals surface area contributed by atoms with Gasteiger partial charge < -0.3 is 75.6 Å². The molecule has 1 saturated heterocycles. The van der Waals surface area contributed by atoms with Gasteiger partial charge in [0.05, 0.1) is 75.2 Å². The Kier molecular flexibility index (Phi) is 45.4. The number of aromatic nitrogens is 13. The van der Waals surface area contributed by atoms with Gasteiger partial charge in [-0.1, -0.05) is 214 Å². The van der Waals surface area contributed by atoms with Crippen LogP contribution >= 0.6 is 31.9 Å². The summed E-state index contributed by atoms with van der Waals surface area (Å²) in [5.74, 6) is 3.62. The van der Waals surface area contributed by atoms with E-state index in [-0.39, 0.29) is 37.7 Å². The number of carbonyl (C=O) groups is 3. The number of nitrogens with zero attached hydrogens (tertiary/aromatic N) is 13. The van der Waals surface area contributed by atoms with Gasteiger partial charge in [0.1, 0.15) is 58.2 Å². The van der Waals surface area contributed by atoms with Crippen LogP contribution in [0.25, 0.3) is 67.8 Å². The predicted molar refractivity (Wildman–Crippen MR) is 583 cm³/mol. The number of carbonyl (C=O) groups excluding carboxylic acids is 3. The van der Waals surface area contributed by atoms with Crippen molar-refractivity contribution in [3.63, 3.8) is 0 Å². The van der Waals surface area contributed by atoms with E-state index in [0.29, 0.717) is 125 Å². The summed E-state index contributed by atoms with van der Waals surface area (Å²) in [5, 5.41) is 18.0. The Morgan fingerprint density at radius 2 is 0.639 bits per heavy atom. The molecule has 6 aromatic carbocycles. The van der Waals surface area contributed by atoms with Gasteiger partial charge in [-0.15, -0.1) is 20.4 Å². The number of hydrogen-bond acceptors (Lipinski definition) is 28. The molecule has 39 heteroatoms. The van der Waals surface area contributed by atoms with Crippen LogP contribution < -0.4 is 38.6 Å². The summed E-state index contributed by atoms with van der Waals surface area (Å²) in [7, 11) is -0.810. The molecule has 32 nitrogen and oxygen atoms in total. The van der Waals surface area contributed by atoms with Crippen LogP contribution in [0.4, 0.5) is 0 Å². The minimum Gasteiger partial charge on any atom is -0.492 e. The quantitative estimate of drug-likeness (QED) is 0.0148. The molecule has 144 heavy (non-hydrogen) atoms. The lowest BCUT2D eigenvalue weighted by atomic mass is 9.80. The van der Waals surface area contributed by atoms with E-state index in [1.807, 2.05) is 195 Å². The molecule has 12 rings (SSSR count). The summed E-state index contributed by atoms with van der Waals surface area (Å²) in [4.78, 5) is 57.7. The SMILES string of the molecule is CCOc1nc(-c2ccc(-c3ccc(OCC(C)(C)C(=O)OC)cc3)cc2)n(COCC[Si](C)(C)C)n1.CCOc1nc(-c2ccc(-c3ccc(OCC(C)(C)C(=O)OC)cc3)cc2)nn1COCC[Si](C)(C)C.CCOc1nc(-c2ccc(Br)cc2)n(COCC[Si](C)(C)C)n1.CCOc1nc(-c2ccc(Br)cc2)nn1COCC[Si](C)(C)C.COC(=O)C(C)(C)COc1ccc(B2OC(C)(C)C(C)(C)O2)cn1. The number of ether oxygens (including phenoxy) is 14. The van der Waals surface area contributed by atoms with Gasteiger partial charge >= 0.3 is 49.1 Å². The second-order valence-corrected chi connectivity index (χ2v) is 66.5. The van der Waals surface area contributed by atoms with Crippen LogP contribution in [0.3, 0.4) is 0 Å². The highest BCUT2D eigenvalue weighted by Gasteiger charge is 2.52. The summed E-state index contributed by atoms with van der Waals surface area (Å²) in [5.41, 5.74) is 5.87. The van der Waals surface area contributed by atoms with Crippen molar-refractivity contribution in [2.45, 2.75) is 238 Å². The average Bonchev–Trinajstić information content (AvgIpc) is 1.62. The highest BCUT2D eigenvalue weighted by Crippen LogP contribution is 2.38. The molecule has 0 unspecified atom stereocenters. The number of esters is 3. The molecule has 0 amide bonds. The molecular formula is C105H152BBr2N13O19Si4. The fourth-order valence-corrected chi connectivity index (χ4v) is 16.5. The van der Waals surface area contributed by atoms with Gasteiger partial charge in [0.25, 0.3) is 0 Å². The highest BCUT2D eigenvalue weighted by atomic mass is 79.9. The topological polar surface area (TPSA) is 335 Å². The largest absolute Gasteiger partial charge is 0.496 e. The fourth-order valence-electron chi connectivity index (χ4n) is 13.0. The summed E-state index contributed by atoms with van der Waals surface area (Å²) in [6, 6.07) is 57.4. The van der Waals surface area contributed by atoms with Gasteiger partial charge in [0, 0.05) is 102 Å². The standard InChI is InChI=1S/2C28H39N3O5Si.C17H26BNO5.2C16H24BrN3O2Si/c1-8-35-27-29-25(31(30-27)20-34-17-18-37(5,6)7)23-11-9-21(10-12-23)22-13-15-24(16-14-22)36-19-28(2,3)26(32)33-4;1-8-35-27-29-25(30-31(27)20-34-17-18-37(5,6)7)23-11-9-21(10-12-23)22-13-15-24(16-14-22)36-19-28(2,3)26(32)33-4;1-15(2,14(20)21-7)11-22-13-9-8-12(10-19-13)18-23-16(3,4)17(5,6)24-18;1-5-22-16-18-15(13-6-8-14(17)9-7-13)20(19-16)12-21-10-11-23(2,3)4;1-5-22-16-18-15(13-6-8-14(17)9-7-13)19-20(16)12-21-10-11-23(2,3)4/h2*9-16H,8,17-20H2,1-7H3;8-10H,11H2,1-7H3;2*6-9H,5,10-12H2,1-4H3. The maximum atomic E-state index is 11.9. The number of hydrogen-bond donors (Lipinski definition) is 0. The Morgan fingerprint density at radius 3 is 0.938 bits per heavy atom. The summed E-state index contributed by atoms with van der Waals surface area (Å²) in [6.45, 7) is 61.5. The molecule has 1 aliphatic rings. The molecular weight excluding hydrogens is 2030 g/mol. The summed E-state index contributed by atoms with van der Waals surface area (Å²) < 4.78 is 98.1. The molecule has 0 N–H and O–H groups in total. The van der Waals surface area contributed by atoms with Gasteiger partial charge in [0.15, 0.2) is 23.3 Å². The third-order valence-corrected chi connectivity index (χ3v) is 30.5. The zero-order valence-electron chi connectivity index (χ0n) is 89.9. The normalized spacial score (nSPS) is 13.0. The van der Waals surface area contributed by atoms with Crippen molar-refractivity contribution in [3.8, 4) is 109 Å². The van der Waals surface area contributed by atoms with E-state index in [4.69, 9.17) is 75.6 Å². The van der Waals surface area contributed by atoms with Crippen LogP contribution in [0.5, 0.6) is 41.4 Å². The molecule has 11 aromatic rings. The Bertz CT molecular complexity index is 5740. The Hall–Kier alpha value is -10.3. The molecule has 5 aromatic heterocycles. The van der Waals surface area contributed by atoms with Gasteiger partial charge in [-0.05, 0) is 198 Å². The number of methoxy groups -OCH3 is 3. The van der Waals surface area contributed by atoms with Crippen LogP contribution in [0, 0.1) is 16.2 Å². The first-order valence-corrected chi connectivity index (χ1v) is 65.2. The molecule has 784 valence electrons. The second kappa shape index (κ2) is 54.9. The van der Waals surface area contributed by atoms with Gasteiger partial charge in [-0.2, -0.15) is 29.3 Å². The first-order chi connectivity index (χ1) is 67.8. The predicted octanol–water partition coefficient (Wildman–Crippen LogP) is 22.6. The minimum absolute atomic E-state index is 0.183. The van der Waals surface area contributed by atoms with E-state index in [0.717, 1.165) is 102 Å². The Labute approximate surface area is 872 Å². The third kappa shape index (κ3) is 38.8. The molecule has 0 spiro atoms. The van der Waals surface area contributed by atoms with Crippen molar-refractivity contribution in [1.29, 1.82) is 0 Å². The molecule has 0 radical (unpaired) electrons. The molecule has 1 fully saturated rings. The number of benzene rings is 6. The van der Waals surface area contributed by atoms with E-state index in [1.54, 1.807) is 72.5 Å². The first kappa shape index (κ1) is 119.